The van der Waals surface area contributed by atoms with Gasteiger partial charge in [0, 0.05) is 6.42 Å². The Morgan fingerprint density at radius 3 is 2.12 bits per heavy atom. The average Bonchev–Trinajstić information content (AvgIpc) is 3.39. The number of imide groups is 1. The summed E-state index contributed by atoms with van der Waals surface area (Å²) in [6.07, 6.45) is 5.45. The zero-order valence-electron chi connectivity index (χ0n) is 13.6. The van der Waals surface area contributed by atoms with Gasteiger partial charge >= 0.3 is 5.97 Å². The van der Waals surface area contributed by atoms with E-state index in [1.54, 1.807) is 0 Å². The molecule has 4 aliphatic carbocycles. The van der Waals surface area contributed by atoms with Crippen LogP contribution in [0, 0.1) is 35.5 Å². The van der Waals surface area contributed by atoms with Crippen molar-refractivity contribution in [1.82, 2.24) is 4.90 Å². The quantitative estimate of drug-likeness (QED) is 0.671. The standard InChI is InChI=1S/C20H19NO4/c22-18-16-11-6-7-12(14-9-13(11)14)17(16)19(23)21(18)15(20(24)25)8-10-4-2-1-3-5-10/h1-7,11-17H,8-9H2,(H,24,25)/t11-,12-,13-,14+,15+,16+,17+/m1/s1. The number of benzene rings is 1. The van der Waals surface area contributed by atoms with Crippen LogP contribution in [0.3, 0.4) is 0 Å². The van der Waals surface area contributed by atoms with Crippen LogP contribution in [-0.4, -0.2) is 33.8 Å². The maximum Gasteiger partial charge on any atom is 0.327 e. The lowest BCUT2D eigenvalue weighted by atomic mass is 9.63. The van der Waals surface area contributed by atoms with Gasteiger partial charge in [0.2, 0.25) is 11.8 Å². The minimum atomic E-state index is -1.12. The van der Waals surface area contributed by atoms with Crippen molar-refractivity contribution >= 4 is 17.8 Å². The number of aliphatic carboxylic acids is 1. The normalized spacial score (nSPS) is 38.5. The summed E-state index contributed by atoms with van der Waals surface area (Å²) in [5.74, 6) is -1.08. The molecule has 0 spiro atoms. The van der Waals surface area contributed by atoms with Gasteiger partial charge in [-0.15, -0.1) is 0 Å². The average molecular weight is 337 g/mol. The first-order chi connectivity index (χ1) is 12.1. The highest BCUT2D eigenvalue weighted by Gasteiger charge is 2.67. The maximum absolute atomic E-state index is 13.0. The number of rotatable bonds is 4. The van der Waals surface area contributed by atoms with Crippen LogP contribution in [0.15, 0.2) is 42.5 Å². The molecule has 1 heterocycles. The molecule has 1 saturated heterocycles. The molecular weight excluding hydrogens is 318 g/mol. The van der Waals surface area contributed by atoms with Crippen LogP contribution in [-0.2, 0) is 20.8 Å². The van der Waals surface area contributed by atoms with E-state index in [-0.39, 0.29) is 41.9 Å². The summed E-state index contributed by atoms with van der Waals surface area (Å²) < 4.78 is 0. The molecule has 2 saturated carbocycles. The monoisotopic (exact) mass is 337 g/mol. The molecule has 0 radical (unpaired) electrons. The fourth-order valence-electron chi connectivity index (χ4n) is 5.41. The van der Waals surface area contributed by atoms with E-state index in [1.165, 1.54) is 0 Å². The zero-order valence-corrected chi connectivity index (χ0v) is 13.6. The van der Waals surface area contributed by atoms with Crippen molar-refractivity contribution < 1.29 is 19.5 Å². The molecule has 5 heteroatoms. The Morgan fingerprint density at radius 1 is 1.04 bits per heavy atom. The van der Waals surface area contributed by atoms with Gasteiger partial charge < -0.3 is 5.11 Å². The molecular formula is C20H19NO4. The number of carbonyl (C=O) groups excluding carboxylic acids is 2. The molecule has 2 amide bonds. The number of allylic oxidation sites excluding steroid dienone is 2. The Bertz CT molecular complexity index is 765. The largest absolute Gasteiger partial charge is 0.480 e. The molecule has 5 aliphatic rings. The van der Waals surface area contributed by atoms with Crippen LogP contribution < -0.4 is 0 Å². The van der Waals surface area contributed by atoms with Crippen molar-refractivity contribution in [3.05, 3.63) is 48.0 Å². The van der Waals surface area contributed by atoms with Crippen molar-refractivity contribution in [2.45, 2.75) is 18.9 Å². The Hall–Kier alpha value is -2.43. The SMILES string of the molecule is O=C(O)[C@H](Cc1ccccc1)N1C(=O)[C@H]2[C@@H]3C=C[C@H]([C@@H]4C[C@H]34)[C@@H]2C1=O. The zero-order chi connectivity index (χ0) is 17.3. The summed E-state index contributed by atoms with van der Waals surface area (Å²) in [7, 11) is 0. The van der Waals surface area contributed by atoms with Crippen LogP contribution in [0.4, 0.5) is 0 Å². The first kappa shape index (κ1) is 14.9. The van der Waals surface area contributed by atoms with E-state index in [2.05, 4.69) is 12.2 Å². The molecule has 0 aromatic heterocycles. The van der Waals surface area contributed by atoms with Crippen LogP contribution in [0.5, 0.6) is 0 Å². The van der Waals surface area contributed by atoms with Crippen LogP contribution in [0.25, 0.3) is 0 Å². The molecule has 1 aromatic carbocycles. The van der Waals surface area contributed by atoms with E-state index in [0.717, 1.165) is 16.9 Å². The Balaban J connectivity index is 1.48. The first-order valence-electron chi connectivity index (χ1n) is 8.90. The van der Waals surface area contributed by atoms with E-state index in [0.29, 0.717) is 11.8 Å². The second kappa shape index (κ2) is 5.04. The number of carboxylic acids is 1. The van der Waals surface area contributed by atoms with Gasteiger partial charge in [-0.3, -0.25) is 14.5 Å². The molecule has 25 heavy (non-hydrogen) atoms. The highest BCUT2D eigenvalue weighted by atomic mass is 16.4. The third-order valence-corrected chi connectivity index (χ3v) is 6.57. The molecule has 3 fully saturated rings. The fraction of sp³-hybridized carbons (Fsp3) is 0.450. The van der Waals surface area contributed by atoms with Gasteiger partial charge in [-0.05, 0) is 35.7 Å². The Kier molecular flexibility index (Phi) is 3.00. The summed E-state index contributed by atoms with van der Waals surface area (Å²) in [4.78, 5) is 39.0. The Labute approximate surface area is 145 Å². The third-order valence-electron chi connectivity index (χ3n) is 6.57. The highest BCUT2D eigenvalue weighted by Crippen LogP contribution is 2.65. The van der Waals surface area contributed by atoms with Crippen molar-refractivity contribution in [3.63, 3.8) is 0 Å². The second-order valence-electron chi connectivity index (χ2n) is 7.74. The number of carboxylic acid groups (broad SMARTS) is 1. The minimum absolute atomic E-state index is 0.118. The number of amides is 2. The molecule has 2 bridgehead atoms. The summed E-state index contributed by atoms with van der Waals surface area (Å²) in [6.45, 7) is 0. The fourth-order valence-corrected chi connectivity index (χ4v) is 5.41. The molecule has 128 valence electrons. The summed E-state index contributed by atoms with van der Waals surface area (Å²) in [6, 6.07) is 8.06. The van der Waals surface area contributed by atoms with Gasteiger partial charge in [-0.25, -0.2) is 4.79 Å². The van der Waals surface area contributed by atoms with Gasteiger partial charge in [0.1, 0.15) is 6.04 Å². The number of hydrogen-bond donors (Lipinski definition) is 1. The lowest BCUT2D eigenvalue weighted by molar-refractivity contribution is -0.155. The van der Waals surface area contributed by atoms with E-state index in [9.17, 15) is 19.5 Å². The molecule has 1 N–H and O–H groups in total. The number of likely N-dealkylation sites (tertiary alicyclic amines) is 1. The first-order valence-corrected chi connectivity index (χ1v) is 8.90. The predicted octanol–water partition coefficient (Wildman–Crippen LogP) is 1.74. The summed E-state index contributed by atoms with van der Waals surface area (Å²) in [5, 5.41) is 9.71. The van der Waals surface area contributed by atoms with Gasteiger partial charge in [0.25, 0.3) is 0 Å². The van der Waals surface area contributed by atoms with Crippen LogP contribution >= 0.6 is 0 Å². The van der Waals surface area contributed by atoms with Gasteiger partial charge in [0.15, 0.2) is 0 Å². The second-order valence-corrected chi connectivity index (χ2v) is 7.74. The lowest BCUT2D eigenvalue weighted by Crippen LogP contribution is -2.47. The van der Waals surface area contributed by atoms with Crippen molar-refractivity contribution in [1.29, 1.82) is 0 Å². The number of carbonyl (C=O) groups is 3. The third kappa shape index (κ3) is 1.98. The molecule has 6 rings (SSSR count). The minimum Gasteiger partial charge on any atom is -0.480 e. The number of hydrogen-bond acceptors (Lipinski definition) is 3. The summed E-state index contributed by atoms with van der Waals surface area (Å²) >= 11 is 0. The van der Waals surface area contributed by atoms with Gasteiger partial charge in [-0.1, -0.05) is 42.5 Å². The van der Waals surface area contributed by atoms with Crippen molar-refractivity contribution in [2.24, 2.45) is 35.5 Å². The van der Waals surface area contributed by atoms with Crippen LogP contribution in [0.1, 0.15) is 12.0 Å². The topological polar surface area (TPSA) is 74.7 Å². The molecule has 5 nitrogen and oxygen atoms in total. The molecule has 0 unspecified atom stereocenters. The van der Waals surface area contributed by atoms with E-state index < -0.39 is 12.0 Å². The van der Waals surface area contributed by atoms with Crippen LogP contribution in [0.2, 0.25) is 0 Å². The van der Waals surface area contributed by atoms with Crippen molar-refractivity contribution in [2.75, 3.05) is 0 Å². The Morgan fingerprint density at radius 2 is 1.60 bits per heavy atom. The predicted molar refractivity (Wildman–Crippen MR) is 88.1 cm³/mol. The summed E-state index contributed by atoms with van der Waals surface area (Å²) in [5.41, 5.74) is 0.814. The highest BCUT2D eigenvalue weighted by molar-refractivity contribution is 6.08. The molecule has 7 atom stereocenters. The van der Waals surface area contributed by atoms with E-state index >= 15 is 0 Å². The maximum atomic E-state index is 13.0. The van der Waals surface area contributed by atoms with Gasteiger partial charge in [0.05, 0.1) is 11.8 Å². The number of nitrogens with zero attached hydrogens (tertiary/aromatic N) is 1. The van der Waals surface area contributed by atoms with E-state index in [4.69, 9.17) is 0 Å². The molecule has 1 aromatic rings. The smallest absolute Gasteiger partial charge is 0.327 e. The lowest BCUT2D eigenvalue weighted by Gasteiger charge is -2.37. The van der Waals surface area contributed by atoms with Gasteiger partial charge in [-0.2, -0.15) is 0 Å². The van der Waals surface area contributed by atoms with Crippen molar-refractivity contribution in [3.8, 4) is 0 Å². The van der Waals surface area contributed by atoms with E-state index in [1.807, 2.05) is 30.3 Å². The molecule has 1 aliphatic heterocycles.